The topological polar surface area (TPSA) is 29.5 Å². The quantitative estimate of drug-likeness (QED) is 0.742. The third-order valence-corrected chi connectivity index (χ3v) is 9.35. The molecule has 25 heavy (non-hydrogen) atoms. The molecule has 5 aliphatic rings. The maximum absolute atomic E-state index is 12.2. The van der Waals surface area contributed by atoms with Crippen LogP contribution in [0.5, 0.6) is 0 Å². The number of hydrogen-bond acceptors (Lipinski definition) is 2. The van der Waals surface area contributed by atoms with E-state index in [0.29, 0.717) is 35.0 Å². The molecule has 0 aromatic rings. The molecule has 0 bridgehead atoms. The summed E-state index contributed by atoms with van der Waals surface area (Å²) in [4.78, 5) is 14.4. The van der Waals surface area contributed by atoms with Crippen LogP contribution in [-0.4, -0.2) is 36.1 Å². The zero-order valence-electron chi connectivity index (χ0n) is 16.3. The summed E-state index contributed by atoms with van der Waals surface area (Å²) < 4.78 is 6.48. The highest BCUT2D eigenvalue weighted by Crippen LogP contribution is 2.65. The fourth-order valence-corrected chi connectivity index (χ4v) is 7.76. The van der Waals surface area contributed by atoms with Crippen molar-refractivity contribution in [2.45, 2.75) is 96.3 Å². The molecule has 7 atom stereocenters. The SMILES string of the molecule is CN1C(=O)CC[C@]2(C)[C@H]3CC[C@]4(C)[C@@H](OC5CC5)CC[C@H]4[C@@H]3CC[C@@H]12. The number of nitrogens with zero attached hydrogens (tertiary/aromatic N) is 1. The Bertz CT molecular complexity index is 572. The van der Waals surface area contributed by atoms with Crippen LogP contribution in [0.2, 0.25) is 0 Å². The maximum atomic E-state index is 12.2. The van der Waals surface area contributed by atoms with Crippen molar-refractivity contribution in [1.82, 2.24) is 4.90 Å². The van der Waals surface area contributed by atoms with E-state index in [2.05, 4.69) is 25.8 Å². The van der Waals surface area contributed by atoms with Crippen molar-refractivity contribution in [1.29, 1.82) is 0 Å². The molecule has 1 amide bonds. The van der Waals surface area contributed by atoms with Gasteiger partial charge in [-0.15, -0.1) is 0 Å². The van der Waals surface area contributed by atoms with Gasteiger partial charge in [-0.2, -0.15) is 0 Å². The highest BCUT2D eigenvalue weighted by atomic mass is 16.5. The fraction of sp³-hybridized carbons (Fsp3) is 0.955. The summed E-state index contributed by atoms with van der Waals surface area (Å²) in [6, 6.07) is 0.485. The Morgan fingerprint density at radius 1 is 0.920 bits per heavy atom. The molecule has 5 rings (SSSR count). The van der Waals surface area contributed by atoms with Crippen molar-refractivity contribution in [3.05, 3.63) is 0 Å². The summed E-state index contributed by atoms with van der Waals surface area (Å²) in [6.07, 6.45) is 13.5. The lowest BCUT2D eigenvalue weighted by molar-refractivity contribution is -0.162. The van der Waals surface area contributed by atoms with Gasteiger partial charge in [-0.25, -0.2) is 0 Å². The van der Waals surface area contributed by atoms with Crippen LogP contribution < -0.4 is 0 Å². The minimum absolute atomic E-state index is 0.350. The number of carbonyl (C=O) groups excluding carboxylic acids is 1. The third kappa shape index (κ3) is 2.30. The van der Waals surface area contributed by atoms with Crippen LogP contribution in [0, 0.1) is 28.6 Å². The van der Waals surface area contributed by atoms with Gasteiger partial charge in [-0.3, -0.25) is 4.79 Å². The first-order valence-electron chi connectivity index (χ1n) is 10.8. The van der Waals surface area contributed by atoms with Crippen LogP contribution in [0.4, 0.5) is 0 Å². The predicted octanol–water partition coefficient (Wildman–Crippen LogP) is 4.40. The molecule has 1 saturated heterocycles. The Morgan fingerprint density at radius 3 is 2.44 bits per heavy atom. The monoisotopic (exact) mass is 345 g/mol. The first kappa shape index (κ1) is 16.6. The van der Waals surface area contributed by atoms with E-state index in [-0.39, 0.29) is 0 Å². The number of fused-ring (bicyclic) bond motifs is 5. The predicted molar refractivity (Wildman–Crippen MR) is 98.1 cm³/mol. The second kappa shape index (κ2) is 5.47. The summed E-state index contributed by atoms with van der Waals surface area (Å²) >= 11 is 0. The number of rotatable bonds is 2. The fourth-order valence-electron chi connectivity index (χ4n) is 7.76. The van der Waals surface area contributed by atoms with E-state index in [0.717, 1.165) is 30.6 Å². The molecule has 1 heterocycles. The van der Waals surface area contributed by atoms with E-state index in [1.807, 2.05) is 0 Å². The van der Waals surface area contributed by atoms with Gasteiger partial charge < -0.3 is 9.64 Å². The van der Waals surface area contributed by atoms with Gasteiger partial charge in [0.25, 0.3) is 0 Å². The molecule has 140 valence electrons. The van der Waals surface area contributed by atoms with Crippen molar-refractivity contribution >= 4 is 5.91 Å². The van der Waals surface area contributed by atoms with Gasteiger partial charge in [0, 0.05) is 19.5 Å². The minimum atomic E-state index is 0.350. The molecule has 0 N–H and O–H groups in total. The Balaban J connectivity index is 1.40. The molecule has 3 heteroatoms. The minimum Gasteiger partial charge on any atom is -0.374 e. The van der Waals surface area contributed by atoms with Gasteiger partial charge in [0.1, 0.15) is 0 Å². The molecule has 4 aliphatic carbocycles. The lowest BCUT2D eigenvalue weighted by atomic mass is 9.47. The van der Waals surface area contributed by atoms with E-state index in [4.69, 9.17) is 4.74 Å². The number of hydrogen-bond donors (Lipinski definition) is 0. The standard InChI is InChI=1S/C22H35NO2/c1-21-13-11-20(24)23(3)18(21)8-6-15-16-7-9-19(25-14-4-5-14)22(16,2)12-10-17(15)21/h14-19H,4-13H2,1-3H3/t15-,16-,17-,18+,19-,21+,22-/m0/s1. The Hall–Kier alpha value is -0.570. The van der Waals surface area contributed by atoms with E-state index >= 15 is 0 Å². The first-order valence-corrected chi connectivity index (χ1v) is 10.8. The maximum Gasteiger partial charge on any atom is 0.222 e. The normalized spacial score (nSPS) is 52.5. The Kier molecular flexibility index (Phi) is 3.63. The summed E-state index contributed by atoms with van der Waals surface area (Å²) in [7, 11) is 2.06. The summed E-state index contributed by atoms with van der Waals surface area (Å²) in [5, 5.41) is 0. The zero-order valence-corrected chi connectivity index (χ0v) is 16.3. The van der Waals surface area contributed by atoms with Crippen LogP contribution in [0.25, 0.3) is 0 Å². The molecule has 0 aromatic carbocycles. The van der Waals surface area contributed by atoms with E-state index < -0.39 is 0 Å². The lowest BCUT2D eigenvalue weighted by Crippen LogP contribution is -2.61. The van der Waals surface area contributed by atoms with Crippen molar-refractivity contribution < 1.29 is 9.53 Å². The van der Waals surface area contributed by atoms with Crippen LogP contribution in [0.3, 0.4) is 0 Å². The molecule has 0 radical (unpaired) electrons. The van der Waals surface area contributed by atoms with Gasteiger partial charge in [-0.1, -0.05) is 13.8 Å². The molecule has 4 saturated carbocycles. The summed E-state index contributed by atoms with van der Waals surface area (Å²) in [6.45, 7) is 5.08. The largest absolute Gasteiger partial charge is 0.374 e. The second-order valence-electron chi connectivity index (χ2n) is 10.4. The van der Waals surface area contributed by atoms with Gasteiger partial charge in [0.05, 0.1) is 12.2 Å². The van der Waals surface area contributed by atoms with E-state index in [1.165, 1.54) is 51.4 Å². The van der Waals surface area contributed by atoms with Crippen LogP contribution in [-0.2, 0) is 9.53 Å². The number of likely N-dealkylation sites (tertiary alicyclic amines) is 1. The Morgan fingerprint density at radius 2 is 1.68 bits per heavy atom. The van der Waals surface area contributed by atoms with Gasteiger partial charge in [-0.05, 0) is 86.4 Å². The molecule has 1 aliphatic heterocycles. The molecule has 0 spiro atoms. The third-order valence-electron chi connectivity index (χ3n) is 9.35. The average molecular weight is 346 g/mol. The average Bonchev–Trinajstić information content (AvgIpc) is 3.34. The van der Waals surface area contributed by atoms with Crippen LogP contribution in [0.15, 0.2) is 0 Å². The van der Waals surface area contributed by atoms with Crippen LogP contribution in [0.1, 0.15) is 78.1 Å². The van der Waals surface area contributed by atoms with Gasteiger partial charge in [0.15, 0.2) is 0 Å². The lowest BCUT2D eigenvalue weighted by Gasteiger charge is -2.61. The number of amides is 1. The van der Waals surface area contributed by atoms with Crippen LogP contribution >= 0.6 is 0 Å². The molecule has 0 aromatic heterocycles. The molecule has 0 unspecified atom stereocenters. The first-order chi connectivity index (χ1) is 11.9. The molecular weight excluding hydrogens is 310 g/mol. The summed E-state index contributed by atoms with van der Waals surface area (Å²) in [5.41, 5.74) is 0.770. The highest BCUT2D eigenvalue weighted by molar-refractivity contribution is 5.77. The van der Waals surface area contributed by atoms with Crippen molar-refractivity contribution in [3.8, 4) is 0 Å². The van der Waals surface area contributed by atoms with E-state index in [1.54, 1.807) is 0 Å². The number of carbonyl (C=O) groups is 1. The number of piperidine rings is 1. The molecular formula is C22H35NO2. The van der Waals surface area contributed by atoms with Gasteiger partial charge in [0.2, 0.25) is 5.91 Å². The van der Waals surface area contributed by atoms with Gasteiger partial charge >= 0.3 is 0 Å². The van der Waals surface area contributed by atoms with E-state index in [9.17, 15) is 4.79 Å². The summed E-state index contributed by atoms with van der Waals surface area (Å²) in [5.74, 6) is 2.92. The van der Waals surface area contributed by atoms with Crippen molar-refractivity contribution in [3.63, 3.8) is 0 Å². The highest BCUT2D eigenvalue weighted by Gasteiger charge is 2.61. The Labute approximate surface area is 152 Å². The van der Waals surface area contributed by atoms with Crippen molar-refractivity contribution in [2.75, 3.05) is 7.05 Å². The molecule has 3 nitrogen and oxygen atoms in total. The molecule has 5 fully saturated rings. The second-order valence-corrected chi connectivity index (χ2v) is 10.4. The number of ether oxygens (including phenoxy) is 1. The zero-order chi connectivity index (χ0) is 17.4. The van der Waals surface area contributed by atoms with Crippen molar-refractivity contribution in [2.24, 2.45) is 28.6 Å². The smallest absolute Gasteiger partial charge is 0.222 e.